The van der Waals surface area contributed by atoms with Crippen molar-refractivity contribution in [2.24, 2.45) is 24.8 Å². The Kier molecular flexibility index (Phi) is 4.94. The van der Waals surface area contributed by atoms with Crippen LogP contribution in [0.5, 0.6) is 0 Å². The summed E-state index contributed by atoms with van der Waals surface area (Å²) in [5, 5.41) is 12.0. The van der Waals surface area contributed by atoms with E-state index in [1.165, 1.54) is 57.1 Å². The van der Waals surface area contributed by atoms with Crippen molar-refractivity contribution in [1.82, 2.24) is 20.3 Å². The van der Waals surface area contributed by atoms with Crippen LogP contribution in [0.2, 0.25) is 0 Å². The normalized spacial score (nSPS) is 30.9. The fourth-order valence-corrected chi connectivity index (χ4v) is 4.60. The standard InChI is InChI=1S/C17H30N4/c1-3-10-18-17(16-12-19-20-21(16)2)15-9-8-13-6-4-5-7-14(13)11-15/h12-15,17-18H,3-11H2,1-2H3. The Morgan fingerprint density at radius 3 is 2.76 bits per heavy atom. The van der Waals surface area contributed by atoms with Crippen LogP contribution in [0.15, 0.2) is 6.20 Å². The lowest BCUT2D eigenvalue weighted by atomic mass is 9.66. The Morgan fingerprint density at radius 1 is 1.24 bits per heavy atom. The van der Waals surface area contributed by atoms with Crippen LogP contribution in [0.4, 0.5) is 0 Å². The van der Waals surface area contributed by atoms with Gasteiger partial charge < -0.3 is 5.32 Å². The first-order chi connectivity index (χ1) is 10.3. The van der Waals surface area contributed by atoms with E-state index in [0.717, 1.165) is 24.3 Å². The Balaban J connectivity index is 1.72. The van der Waals surface area contributed by atoms with Gasteiger partial charge in [0.2, 0.25) is 0 Å². The van der Waals surface area contributed by atoms with Crippen LogP contribution in [0, 0.1) is 17.8 Å². The van der Waals surface area contributed by atoms with Crippen LogP contribution in [-0.4, -0.2) is 21.5 Å². The smallest absolute Gasteiger partial charge is 0.0756 e. The van der Waals surface area contributed by atoms with Gasteiger partial charge in [0.05, 0.1) is 17.9 Å². The molecule has 0 saturated heterocycles. The van der Waals surface area contributed by atoms with E-state index in [1.54, 1.807) is 0 Å². The Bertz CT molecular complexity index is 442. The fraction of sp³-hybridized carbons (Fsp3) is 0.882. The molecule has 0 bridgehead atoms. The molecule has 2 fully saturated rings. The van der Waals surface area contributed by atoms with Crippen LogP contribution >= 0.6 is 0 Å². The van der Waals surface area contributed by atoms with Crippen LogP contribution in [-0.2, 0) is 7.05 Å². The lowest BCUT2D eigenvalue weighted by Crippen LogP contribution is -2.36. The molecule has 0 aliphatic heterocycles. The highest BCUT2D eigenvalue weighted by Crippen LogP contribution is 2.46. The van der Waals surface area contributed by atoms with Gasteiger partial charge in [-0.25, -0.2) is 0 Å². The van der Waals surface area contributed by atoms with Crippen molar-refractivity contribution in [3.8, 4) is 0 Å². The largest absolute Gasteiger partial charge is 0.308 e. The summed E-state index contributed by atoms with van der Waals surface area (Å²) >= 11 is 0. The first-order valence-electron chi connectivity index (χ1n) is 8.87. The average molecular weight is 290 g/mol. The molecule has 2 aliphatic rings. The number of hydrogen-bond acceptors (Lipinski definition) is 3. The van der Waals surface area contributed by atoms with E-state index in [2.05, 4.69) is 22.6 Å². The van der Waals surface area contributed by atoms with E-state index in [0.29, 0.717) is 6.04 Å². The highest BCUT2D eigenvalue weighted by molar-refractivity contribution is 5.05. The molecule has 0 radical (unpaired) electrons. The minimum absolute atomic E-state index is 0.438. The molecule has 2 aliphatic carbocycles. The van der Waals surface area contributed by atoms with Gasteiger partial charge in [0.15, 0.2) is 0 Å². The van der Waals surface area contributed by atoms with Crippen LogP contribution in [0.1, 0.15) is 70.0 Å². The predicted molar refractivity (Wildman–Crippen MR) is 84.8 cm³/mol. The topological polar surface area (TPSA) is 42.7 Å². The number of fused-ring (bicyclic) bond motifs is 1. The van der Waals surface area contributed by atoms with Gasteiger partial charge >= 0.3 is 0 Å². The van der Waals surface area contributed by atoms with E-state index in [9.17, 15) is 0 Å². The number of nitrogens with one attached hydrogen (secondary N) is 1. The van der Waals surface area contributed by atoms with E-state index >= 15 is 0 Å². The quantitative estimate of drug-likeness (QED) is 0.903. The van der Waals surface area contributed by atoms with Crippen molar-refractivity contribution in [2.75, 3.05) is 6.54 Å². The van der Waals surface area contributed by atoms with Crippen LogP contribution in [0.25, 0.3) is 0 Å². The molecule has 0 aromatic carbocycles. The lowest BCUT2D eigenvalue weighted by Gasteiger charge is -2.42. The van der Waals surface area contributed by atoms with E-state index in [1.807, 2.05) is 17.9 Å². The van der Waals surface area contributed by atoms with Gasteiger partial charge in [0, 0.05) is 7.05 Å². The second-order valence-corrected chi connectivity index (χ2v) is 7.09. The fourth-order valence-electron chi connectivity index (χ4n) is 4.60. The molecule has 1 aromatic rings. The molecule has 0 amide bonds. The zero-order valence-electron chi connectivity index (χ0n) is 13.6. The van der Waals surface area contributed by atoms with Crippen LogP contribution < -0.4 is 5.32 Å². The molecule has 4 atom stereocenters. The van der Waals surface area contributed by atoms with Crippen molar-refractivity contribution in [1.29, 1.82) is 0 Å². The van der Waals surface area contributed by atoms with Gasteiger partial charge in [0.1, 0.15) is 0 Å². The minimum atomic E-state index is 0.438. The lowest BCUT2D eigenvalue weighted by molar-refractivity contribution is 0.107. The van der Waals surface area contributed by atoms with Gasteiger partial charge in [-0.2, -0.15) is 0 Å². The van der Waals surface area contributed by atoms with Gasteiger partial charge in [-0.3, -0.25) is 4.68 Å². The summed E-state index contributed by atoms with van der Waals surface area (Å²) in [4.78, 5) is 0. The molecule has 0 spiro atoms. The number of hydrogen-bond donors (Lipinski definition) is 1. The number of rotatable bonds is 5. The Labute approximate surface area is 128 Å². The van der Waals surface area contributed by atoms with E-state index in [4.69, 9.17) is 0 Å². The number of nitrogens with zero attached hydrogens (tertiary/aromatic N) is 3. The van der Waals surface area contributed by atoms with Gasteiger partial charge in [-0.1, -0.05) is 37.8 Å². The average Bonchev–Trinajstić information content (AvgIpc) is 2.94. The Morgan fingerprint density at radius 2 is 2.05 bits per heavy atom. The predicted octanol–water partition coefficient (Wildman–Crippen LogP) is 3.46. The molecule has 1 aromatic heterocycles. The molecular formula is C17H30N4. The molecule has 4 unspecified atom stereocenters. The Hall–Kier alpha value is -0.900. The summed E-state index contributed by atoms with van der Waals surface area (Å²) in [6.45, 7) is 3.32. The summed E-state index contributed by atoms with van der Waals surface area (Å²) in [7, 11) is 2.02. The highest BCUT2D eigenvalue weighted by Gasteiger charge is 2.36. The maximum absolute atomic E-state index is 4.15. The third kappa shape index (κ3) is 3.31. The highest BCUT2D eigenvalue weighted by atomic mass is 15.4. The minimum Gasteiger partial charge on any atom is -0.308 e. The second kappa shape index (κ2) is 6.91. The van der Waals surface area contributed by atoms with Crippen molar-refractivity contribution < 1.29 is 0 Å². The summed E-state index contributed by atoms with van der Waals surface area (Å²) in [6.07, 6.45) is 13.2. The summed E-state index contributed by atoms with van der Waals surface area (Å²) in [5.74, 6) is 2.75. The number of aryl methyl sites for hydroxylation is 1. The van der Waals surface area contributed by atoms with Crippen molar-refractivity contribution in [2.45, 2.75) is 64.3 Å². The molecule has 21 heavy (non-hydrogen) atoms. The van der Waals surface area contributed by atoms with Crippen LogP contribution in [0.3, 0.4) is 0 Å². The third-order valence-corrected chi connectivity index (χ3v) is 5.73. The molecular weight excluding hydrogens is 260 g/mol. The SMILES string of the molecule is CCCNC(c1cnnn1C)C1CCC2CCCCC2C1. The summed E-state index contributed by atoms with van der Waals surface area (Å²) in [6, 6.07) is 0.438. The molecule has 4 heteroatoms. The zero-order chi connectivity index (χ0) is 14.7. The maximum Gasteiger partial charge on any atom is 0.0756 e. The van der Waals surface area contributed by atoms with E-state index in [-0.39, 0.29) is 0 Å². The first-order valence-corrected chi connectivity index (χ1v) is 8.87. The first kappa shape index (κ1) is 15.0. The molecule has 3 rings (SSSR count). The second-order valence-electron chi connectivity index (χ2n) is 7.09. The zero-order valence-corrected chi connectivity index (χ0v) is 13.6. The number of aromatic nitrogens is 3. The van der Waals surface area contributed by atoms with Gasteiger partial charge in [0.25, 0.3) is 0 Å². The summed E-state index contributed by atoms with van der Waals surface area (Å²) < 4.78 is 1.96. The molecule has 2 saturated carbocycles. The molecule has 1 heterocycles. The van der Waals surface area contributed by atoms with Gasteiger partial charge in [-0.05, 0) is 50.0 Å². The maximum atomic E-state index is 4.15. The summed E-state index contributed by atoms with van der Waals surface area (Å²) in [5.41, 5.74) is 1.27. The van der Waals surface area contributed by atoms with Crippen molar-refractivity contribution in [3.05, 3.63) is 11.9 Å². The molecule has 118 valence electrons. The third-order valence-electron chi connectivity index (χ3n) is 5.73. The van der Waals surface area contributed by atoms with E-state index < -0.39 is 0 Å². The van der Waals surface area contributed by atoms with Crippen molar-refractivity contribution >= 4 is 0 Å². The molecule has 4 nitrogen and oxygen atoms in total. The monoisotopic (exact) mass is 290 g/mol. The van der Waals surface area contributed by atoms with Crippen molar-refractivity contribution in [3.63, 3.8) is 0 Å². The molecule has 1 N–H and O–H groups in total. The van der Waals surface area contributed by atoms with Gasteiger partial charge in [-0.15, -0.1) is 5.10 Å².